The lowest BCUT2D eigenvalue weighted by atomic mass is 10.2. The van der Waals surface area contributed by atoms with Crippen LogP contribution in [0.5, 0.6) is 0 Å². The highest BCUT2D eigenvalue weighted by Gasteiger charge is 2.29. The number of carbonyl (C=O) groups excluding carboxylic acids is 1. The summed E-state index contributed by atoms with van der Waals surface area (Å²) in [5.41, 5.74) is 0.356. The van der Waals surface area contributed by atoms with Crippen LogP contribution in [0.1, 0.15) is 33.6 Å². The average molecular weight is 331 g/mol. The molecule has 1 saturated heterocycles. The lowest BCUT2D eigenvalue weighted by Gasteiger charge is -2.30. The molecular formula is C17H25N5O2. The predicted octanol–water partition coefficient (Wildman–Crippen LogP) is 2.57. The summed E-state index contributed by atoms with van der Waals surface area (Å²) in [5, 5.41) is 4.62. The third-order valence-corrected chi connectivity index (χ3v) is 4.10. The van der Waals surface area contributed by atoms with Crippen molar-refractivity contribution in [2.45, 2.75) is 45.3 Å². The Bertz CT molecular complexity index is 721. The monoisotopic (exact) mass is 331 g/mol. The Morgan fingerprint density at radius 1 is 1.42 bits per heavy atom. The first-order valence-electron chi connectivity index (χ1n) is 8.35. The van der Waals surface area contributed by atoms with E-state index < -0.39 is 5.60 Å². The van der Waals surface area contributed by atoms with Crippen LogP contribution >= 0.6 is 0 Å². The van der Waals surface area contributed by atoms with Crippen molar-refractivity contribution in [1.29, 1.82) is 0 Å². The number of likely N-dealkylation sites (N-methyl/N-ethyl adjacent to an activating group) is 1. The van der Waals surface area contributed by atoms with Crippen LogP contribution < -0.4 is 4.90 Å². The van der Waals surface area contributed by atoms with Crippen molar-refractivity contribution in [2.75, 3.05) is 25.0 Å². The van der Waals surface area contributed by atoms with Gasteiger partial charge < -0.3 is 14.5 Å². The van der Waals surface area contributed by atoms with E-state index in [-0.39, 0.29) is 12.1 Å². The number of nitrogens with zero attached hydrogens (tertiary/aromatic N) is 5. The summed E-state index contributed by atoms with van der Waals surface area (Å²) >= 11 is 0. The van der Waals surface area contributed by atoms with Gasteiger partial charge in [0.2, 0.25) is 0 Å². The van der Waals surface area contributed by atoms with Crippen LogP contribution in [-0.4, -0.2) is 57.4 Å². The minimum atomic E-state index is -0.477. The van der Waals surface area contributed by atoms with Crippen molar-refractivity contribution in [3.05, 3.63) is 24.5 Å². The zero-order valence-corrected chi connectivity index (χ0v) is 14.8. The zero-order chi connectivity index (χ0) is 17.3. The average Bonchev–Trinajstić information content (AvgIpc) is 3.12. The predicted molar refractivity (Wildman–Crippen MR) is 92.2 cm³/mol. The second-order valence-corrected chi connectivity index (χ2v) is 7.27. The molecule has 1 aliphatic heterocycles. The minimum absolute atomic E-state index is 0.246. The van der Waals surface area contributed by atoms with Crippen LogP contribution in [0, 0.1) is 0 Å². The van der Waals surface area contributed by atoms with Crippen molar-refractivity contribution in [3.63, 3.8) is 0 Å². The van der Waals surface area contributed by atoms with E-state index in [0.717, 1.165) is 30.9 Å². The molecule has 130 valence electrons. The van der Waals surface area contributed by atoms with E-state index in [1.54, 1.807) is 22.7 Å². The number of aromatic nitrogens is 3. The molecule has 0 saturated carbocycles. The fourth-order valence-electron chi connectivity index (χ4n) is 3.02. The highest BCUT2D eigenvalue weighted by atomic mass is 16.6. The summed E-state index contributed by atoms with van der Waals surface area (Å²) in [6, 6.07) is 4.21. The Morgan fingerprint density at radius 2 is 2.21 bits per heavy atom. The van der Waals surface area contributed by atoms with Gasteiger partial charge in [0.1, 0.15) is 11.4 Å². The van der Waals surface area contributed by atoms with E-state index in [0.29, 0.717) is 6.54 Å². The molecule has 7 heteroatoms. The molecule has 2 aromatic rings. The Balaban J connectivity index is 1.70. The number of anilines is 1. The van der Waals surface area contributed by atoms with Gasteiger partial charge in [-0.2, -0.15) is 0 Å². The van der Waals surface area contributed by atoms with E-state index in [1.165, 1.54) is 0 Å². The van der Waals surface area contributed by atoms with Gasteiger partial charge in [0.15, 0.2) is 5.65 Å². The highest BCUT2D eigenvalue weighted by molar-refractivity contribution is 5.68. The molecule has 1 amide bonds. The molecule has 0 radical (unpaired) electrons. The number of carbonyl (C=O) groups is 1. The van der Waals surface area contributed by atoms with Crippen molar-refractivity contribution < 1.29 is 9.53 Å². The lowest BCUT2D eigenvalue weighted by Crippen LogP contribution is -2.43. The number of fused-ring (bicyclic) bond motifs is 1. The molecule has 1 aliphatic rings. The third-order valence-electron chi connectivity index (χ3n) is 4.10. The molecule has 7 nitrogen and oxygen atoms in total. The molecule has 1 atom stereocenters. The lowest BCUT2D eigenvalue weighted by molar-refractivity contribution is 0.0290. The van der Waals surface area contributed by atoms with Crippen LogP contribution in [0.4, 0.5) is 10.6 Å². The summed E-state index contributed by atoms with van der Waals surface area (Å²) in [6.45, 7) is 7.21. The number of hydrogen-bond donors (Lipinski definition) is 0. The van der Waals surface area contributed by atoms with Gasteiger partial charge in [0.05, 0.1) is 0 Å². The van der Waals surface area contributed by atoms with Gasteiger partial charge in [-0.05, 0) is 45.7 Å². The molecule has 0 N–H and O–H groups in total. The van der Waals surface area contributed by atoms with Gasteiger partial charge in [-0.1, -0.05) is 0 Å². The van der Waals surface area contributed by atoms with Crippen LogP contribution in [-0.2, 0) is 4.74 Å². The summed E-state index contributed by atoms with van der Waals surface area (Å²) in [4.78, 5) is 20.3. The maximum Gasteiger partial charge on any atom is 0.410 e. The number of rotatable bonds is 3. The van der Waals surface area contributed by atoms with Crippen LogP contribution in [0.15, 0.2) is 24.5 Å². The van der Waals surface area contributed by atoms with E-state index in [1.807, 2.05) is 39.1 Å². The van der Waals surface area contributed by atoms with Crippen molar-refractivity contribution in [2.24, 2.45) is 0 Å². The van der Waals surface area contributed by atoms with Crippen molar-refractivity contribution in [3.8, 4) is 0 Å². The molecular weight excluding hydrogens is 306 g/mol. The van der Waals surface area contributed by atoms with Crippen molar-refractivity contribution >= 4 is 17.6 Å². The van der Waals surface area contributed by atoms with Gasteiger partial charge in [-0.15, -0.1) is 5.10 Å². The molecule has 3 rings (SSSR count). The van der Waals surface area contributed by atoms with Gasteiger partial charge in [-0.25, -0.2) is 14.3 Å². The zero-order valence-electron chi connectivity index (χ0n) is 14.8. The summed E-state index contributed by atoms with van der Waals surface area (Å²) in [5.74, 6) is 0.917. The summed E-state index contributed by atoms with van der Waals surface area (Å²) < 4.78 is 7.22. The van der Waals surface area contributed by atoms with Crippen LogP contribution in [0.25, 0.3) is 5.65 Å². The largest absolute Gasteiger partial charge is 0.444 e. The second kappa shape index (κ2) is 6.30. The van der Waals surface area contributed by atoms with Gasteiger partial charge in [0, 0.05) is 38.6 Å². The van der Waals surface area contributed by atoms with Crippen molar-refractivity contribution in [1.82, 2.24) is 19.5 Å². The highest BCUT2D eigenvalue weighted by Crippen LogP contribution is 2.24. The molecule has 24 heavy (non-hydrogen) atoms. The smallest absolute Gasteiger partial charge is 0.410 e. The van der Waals surface area contributed by atoms with E-state index in [2.05, 4.69) is 15.0 Å². The minimum Gasteiger partial charge on any atom is -0.444 e. The van der Waals surface area contributed by atoms with E-state index in [4.69, 9.17) is 4.74 Å². The standard InChI is InChI=1S/C17H25N5O2/c1-17(2,3)24-16(23)20(4)12-13-6-5-10-21(13)15-8-7-14-18-9-11-22(14)19-15/h7-9,11,13H,5-6,10,12H2,1-4H3/t13-/m0/s1. The topological polar surface area (TPSA) is 63.0 Å². The molecule has 0 spiro atoms. The Kier molecular flexibility index (Phi) is 4.34. The maximum absolute atomic E-state index is 12.2. The fraction of sp³-hybridized carbons (Fsp3) is 0.588. The maximum atomic E-state index is 12.2. The Hall–Kier alpha value is -2.31. The van der Waals surface area contributed by atoms with Crippen LogP contribution in [0.3, 0.4) is 0 Å². The van der Waals surface area contributed by atoms with Crippen LogP contribution in [0.2, 0.25) is 0 Å². The number of ether oxygens (including phenoxy) is 1. The molecule has 0 bridgehead atoms. The van der Waals surface area contributed by atoms with E-state index >= 15 is 0 Å². The SMILES string of the molecule is CN(C[C@@H]1CCCN1c1ccc2nccn2n1)C(=O)OC(C)(C)C. The molecule has 0 unspecified atom stereocenters. The first-order chi connectivity index (χ1) is 11.3. The third kappa shape index (κ3) is 3.60. The summed E-state index contributed by atoms with van der Waals surface area (Å²) in [7, 11) is 1.79. The summed E-state index contributed by atoms with van der Waals surface area (Å²) in [6.07, 6.45) is 5.43. The Morgan fingerprint density at radius 3 is 2.96 bits per heavy atom. The first-order valence-corrected chi connectivity index (χ1v) is 8.35. The van der Waals surface area contributed by atoms with Gasteiger partial charge in [0.25, 0.3) is 0 Å². The second-order valence-electron chi connectivity index (χ2n) is 7.27. The Labute approximate surface area is 142 Å². The molecule has 2 aromatic heterocycles. The normalized spacial score (nSPS) is 18.2. The number of amides is 1. The number of hydrogen-bond acceptors (Lipinski definition) is 5. The molecule has 0 aliphatic carbocycles. The quantitative estimate of drug-likeness (QED) is 0.865. The fourth-order valence-corrected chi connectivity index (χ4v) is 3.02. The van der Waals surface area contributed by atoms with E-state index in [9.17, 15) is 4.79 Å². The molecule has 1 fully saturated rings. The molecule has 3 heterocycles. The number of imidazole rings is 1. The van der Waals surface area contributed by atoms with Gasteiger partial charge in [-0.3, -0.25) is 0 Å². The first kappa shape index (κ1) is 16.5. The van der Waals surface area contributed by atoms with Gasteiger partial charge >= 0.3 is 6.09 Å². The molecule has 0 aromatic carbocycles.